The Labute approximate surface area is 336 Å². The second-order valence-corrected chi connectivity index (χ2v) is 16.0. The van der Waals surface area contributed by atoms with Crippen LogP contribution in [0.2, 0.25) is 5.02 Å². The zero-order valence-electron chi connectivity index (χ0n) is 33.6. The number of halogens is 3. The standard InChI is InChI=1S/C21H27FN2O4.C14H13ClFNO3.C7H15NO/c1-13(2)10-24-12-16(21(26)27)20(25)15-8-17(22)19(9-18(15)24)23(3)11-14-4-6-28-7-5-14;1-7(2)5-17-6-9(14(19)20)13(18)8-3-11(16)10(15)4-12(8)17;1-8-6-7-2-4-9-5-3-7/h8-9,12-14H,4-7,10-11H2,1-3H3,(H,26,27);3-4,6-7H,5H2,1-2H3,(H,19,20);7-8H,2-6H2,1H3. The number of nitrogens with one attached hydrogen (secondary N) is 1. The molecule has 0 atom stereocenters. The minimum atomic E-state index is -1.33. The van der Waals surface area contributed by atoms with Crippen molar-refractivity contribution in [2.45, 2.75) is 66.5 Å². The van der Waals surface area contributed by atoms with Gasteiger partial charge < -0.3 is 39.0 Å². The number of aromatic nitrogens is 2. The lowest BCUT2D eigenvalue weighted by atomic mass is 9.99. The van der Waals surface area contributed by atoms with Gasteiger partial charge in [-0.25, -0.2) is 18.4 Å². The molecule has 2 saturated heterocycles. The van der Waals surface area contributed by atoms with Crippen molar-refractivity contribution in [2.75, 3.05) is 58.5 Å². The van der Waals surface area contributed by atoms with Crippen LogP contribution in [0.1, 0.15) is 74.1 Å². The number of hydrogen-bond donors (Lipinski definition) is 3. The molecule has 15 heteroatoms. The number of ether oxygens (including phenoxy) is 2. The highest BCUT2D eigenvalue weighted by Crippen LogP contribution is 2.28. The Morgan fingerprint density at radius 2 is 1.23 bits per heavy atom. The Morgan fingerprint density at radius 3 is 1.67 bits per heavy atom. The summed E-state index contributed by atoms with van der Waals surface area (Å²) in [7, 11) is 3.85. The number of carboxylic acid groups (broad SMARTS) is 2. The minimum absolute atomic E-state index is 0.0208. The maximum absolute atomic E-state index is 14.9. The summed E-state index contributed by atoms with van der Waals surface area (Å²) in [6.07, 6.45) is 7.01. The maximum Gasteiger partial charge on any atom is 0.341 e. The third-order valence-electron chi connectivity index (χ3n) is 9.97. The second-order valence-electron chi connectivity index (χ2n) is 15.6. The van der Waals surface area contributed by atoms with E-state index in [1.165, 1.54) is 37.4 Å². The van der Waals surface area contributed by atoms with Gasteiger partial charge in [-0.3, -0.25) is 9.59 Å². The van der Waals surface area contributed by atoms with Gasteiger partial charge in [-0.15, -0.1) is 0 Å². The summed E-state index contributed by atoms with van der Waals surface area (Å²) in [5, 5.41) is 21.6. The number of carboxylic acids is 2. The van der Waals surface area contributed by atoms with E-state index in [1.807, 2.05) is 46.7 Å². The summed E-state index contributed by atoms with van der Waals surface area (Å²) in [5.41, 5.74) is -0.670. The number of fused-ring (bicyclic) bond motifs is 2. The Hall–Kier alpha value is -4.37. The molecule has 2 fully saturated rings. The Balaban J connectivity index is 0.000000215. The summed E-state index contributed by atoms with van der Waals surface area (Å²) in [5.74, 6) is -2.13. The van der Waals surface area contributed by atoms with Crippen LogP contribution in [0.4, 0.5) is 14.5 Å². The number of carbonyl (C=O) groups is 2. The van der Waals surface area contributed by atoms with Crippen LogP contribution in [-0.4, -0.2) is 84.9 Å². The van der Waals surface area contributed by atoms with Gasteiger partial charge in [0, 0.05) is 76.3 Å². The second kappa shape index (κ2) is 20.9. The van der Waals surface area contributed by atoms with Crippen LogP contribution in [0.3, 0.4) is 0 Å². The molecule has 12 nitrogen and oxygen atoms in total. The Kier molecular flexibility index (Phi) is 16.6. The van der Waals surface area contributed by atoms with Crippen LogP contribution >= 0.6 is 11.6 Å². The van der Waals surface area contributed by atoms with E-state index >= 15 is 0 Å². The van der Waals surface area contributed by atoms with Gasteiger partial charge in [-0.2, -0.15) is 0 Å². The van der Waals surface area contributed by atoms with Gasteiger partial charge in [-0.05, 0) is 87.2 Å². The molecule has 0 aliphatic carbocycles. The molecule has 0 spiro atoms. The quantitative estimate of drug-likeness (QED) is 0.143. The van der Waals surface area contributed by atoms with Crippen LogP contribution in [0.15, 0.2) is 46.2 Å². The Morgan fingerprint density at radius 1 is 0.789 bits per heavy atom. The van der Waals surface area contributed by atoms with Crippen molar-refractivity contribution < 1.29 is 38.1 Å². The predicted molar refractivity (Wildman–Crippen MR) is 219 cm³/mol. The van der Waals surface area contributed by atoms with Gasteiger partial charge >= 0.3 is 11.9 Å². The maximum atomic E-state index is 14.9. The molecule has 57 heavy (non-hydrogen) atoms. The van der Waals surface area contributed by atoms with Gasteiger partial charge in [0.1, 0.15) is 22.8 Å². The number of hydrogen-bond acceptors (Lipinski definition) is 8. The largest absolute Gasteiger partial charge is 0.477 e. The van der Waals surface area contributed by atoms with Gasteiger partial charge in [0.05, 0.1) is 21.7 Å². The van der Waals surface area contributed by atoms with E-state index in [0.717, 1.165) is 57.8 Å². The number of anilines is 1. The fourth-order valence-corrected chi connectivity index (χ4v) is 7.28. The zero-order chi connectivity index (χ0) is 42.0. The van der Waals surface area contributed by atoms with E-state index in [-0.39, 0.29) is 38.8 Å². The molecule has 6 rings (SSSR count). The SMILES string of the molecule is CC(C)Cn1cc(C(=O)O)c(=O)c2cc(F)c(Cl)cc21.CC(C)Cn1cc(C(=O)O)c(=O)c2cc(F)c(N(C)CC3CCOCC3)cc21.CNCC1CCOCC1. The molecule has 4 aromatic rings. The Bertz CT molecular complexity index is 2140. The molecule has 0 bridgehead atoms. The molecule has 2 aromatic heterocycles. The normalized spacial score (nSPS) is 15.0. The third-order valence-corrected chi connectivity index (χ3v) is 10.3. The zero-order valence-corrected chi connectivity index (χ0v) is 34.3. The number of nitrogens with zero attached hydrogens (tertiary/aromatic N) is 3. The first-order valence-corrected chi connectivity index (χ1v) is 19.8. The molecule has 2 aliphatic rings. The molecule has 0 amide bonds. The van der Waals surface area contributed by atoms with Crippen LogP contribution in [0.5, 0.6) is 0 Å². The van der Waals surface area contributed by atoms with Gasteiger partial charge in [0.25, 0.3) is 0 Å². The molecule has 0 radical (unpaired) electrons. The highest BCUT2D eigenvalue weighted by molar-refractivity contribution is 6.31. The monoisotopic (exact) mass is 816 g/mol. The number of benzene rings is 2. The van der Waals surface area contributed by atoms with E-state index in [2.05, 4.69) is 5.32 Å². The average molecular weight is 817 g/mol. The first-order valence-electron chi connectivity index (χ1n) is 19.4. The van der Waals surface area contributed by atoms with Crippen molar-refractivity contribution in [3.8, 4) is 0 Å². The third kappa shape index (κ3) is 12.1. The topological polar surface area (TPSA) is 152 Å². The highest BCUT2D eigenvalue weighted by atomic mass is 35.5. The van der Waals surface area contributed by atoms with Crippen LogP contribution in [0, 0.1) is 35.3 Å². The van der Waals surface area contributed by atoms with Gasteiger partial charge in [0.15, 0.2) is 0 Å². The number of aromatic carboxylic acids is 2. The lowest BCUT2D eigenvalue weighted by Gasteiger charge is -2.29. The van der Waals surface area contributed by atoms with Crippen molar-refractivity contribution in [1.29, 1.82) is 0 Å². The molecule has 2 aromatic carbocycles. The first kappa shape index (κ1) is 45.3. The molecule has 312 valence electrons. The first-order chi connectivity index (χ1) is 27.0. The molecule has 3 N–H and O–H groups in total. The summed E-state index contributed by atoms with van der Waals surface area (Å²) in [4.78, 5) is 49.1. The molecule has 0 unspecified atom stereocenters. The smallest absolute Gasteiger partial charge is 0.341 e. The average Bonchev–Trinajstić information content (AvgIpc) is 3.15. The van der Waals surface area contributed by atoms with E-state index < -0.39 is 34.4 Å². The van der Waals surface area contributed by atoms with E-state index in [4.69, 9.17) is 26.2 Å². The fourth-order valence-electron chi connectivity index (χ4n) is 7.12. The summed E-state index contributed by atoms with van der Waals surface area (Å²) in [6, 6.07) is 5.18. The fraction of sp³-hybridized carbons (Fsp3) is 0.524. The summed E-state index contributed by atoms with van der Waals surface area (Å²) in [6.45, 7) is 14.2. The van der Waals surface area contributed by atoms with Crippen molar-refractivity contribution in [3.63, 3.8) is 0 Å². The predicted octanol–water partition coefficient (Wildman–Crippen LogP) is 7.14. The minimum Gasteiger partial charge on any atom is -0.477 e. The van der Waals surface area contributed by atoms with Gasteiger partial charge in [-0.1, -0.05) is 39.3 Å². The van der Waals surface area contributed by atoms with Crippen molar-refractivity contribution in [1.82, 2.24) is 14.5 Å². The van der Waals surface area contributed by atoms with Crippen molar-refractivity contribution >= 4 is 51.0 Å². The molecule has 2 aliphatic heterocycles. The molecule has 0 saturated carbocycles. The lowest BCUT2D eigenvalue weighted by Crippen LogP contribution is -2.30. The van der Waals surface area contributed by atoms with Crippen molar-refractivity contribution in [2.24, 2.45) is 23.7 Å². The number of pyridine rings is 2. The van der Waals surface area contributed by atoms with Gasteiger partial charge in [0.2, 0.25) is 10.9 Å². The van der Waals surface area contributed by atoms with Crippen LogP contribution < -0.4 is 21.1 Å². The van der Waals surface area contributed by atoms with Crippen LogP contribution in [0.25, 0.3) is 21.8 Å². The molecule has 4 heterocycles. The number of rotatable bonds is 11. The summed E-state index contributed by atoms with van der Waals surface area (Å²) < 4.78 is 42.4. The van der Waals surface area contributed by atoms with Crippen molar-refractivity contribution in [3.05, 3.63) is 84.9 Å². The molecular formula is C42H55ClF2N4O8. The van der Waals surface area contributed by atoms with E-state index in [0.29, 0.717) is 42.3 Å². The van der Waals surface area contributed by atoms with E-state index in [9.17, 15) is 33.1 Å². The summed E-state index contributed by atoms with van der Waals surface area (Å²) >= 11 is 5.74. The van der Waals surface area contributed by atoms with Crippen LogP contribution in [-0.2, 0) is 22.6 Å². The lowest BCUT2D eigenvalue weighted by molar-refractivity contribution is 0.0668. The molecular weight excluding hydrogens is 762 g/mol. The van der Waals surface area contributed by atoms with E-state index in [1.54, 1.807) is 15.2 Å². The highest BCUT2D eigenvalue weighted by Gasteiger charge is 2.22.